The predicted molar refractivity (Wildman–Crippen MR) is 110 cm³/mol. The summed E-state index contributed by atoms with van der Waals surface area (Å²) in [5.74, 6) is 0. The quantitative estimate of drug-likeness (QED) is 0.647. The van der Waals surface area contributed by atoms with Gasteiger partial charge in [-0.25, -0.2) is 4.79 Å². The number of anilines is 1. The van der Waals surface area contributed by atoms with Crippen LogP contribution in [-0.2, 0) is 11.3 Å². The fourth-order valence-electron chi connectivity index (χ4n) is 4.73. The molecule has 152 valence electrons. The predicted octanol–water partition coefficient (Wildman–Crippen LogP) is 1.97. The summed E-state index contributed by atoms with van der Waals surface area (Å²) >= 11 is 1.73. The SMILES string of the molecule is Cc1ccc(CN(C(=O)O[C@H]2C[C@H]3CC[C@@H](C2)[N+]3(C)C)c2ccccc2)s1.[Br-]. The second kappa shape index (κ2) is 8.56. The number of benzene rings is 1. The van der Waals surface area contributed by atoms with Crippen molar-refractivity contribution in [3.63, 3.8) is 0 Å². The molecular weight excluding hydrogens is 436 g/mol. The number of hydrogen-bond donors (Lipinski definition) is 0. The second-order valence-electron chi connectivity index (χ2n) is 8.43. The summed E-state index contributed by atoms with van der Waals surface area (Å²) in [5, 5.41) is 0. The van der Waals surface area contributed by atoms with Gasteiger partial charge in [0.2, 0.25) is 0 Å². The van der Waals surface area contributed by atoms with Crippen molar-refractivity contribution in [3.8, 4) is 0 Å². The van der Waals surface area contributed by atoms with Gasteiger partial charge in [-0.1, -0.05) is 18.2 Å². The third-order valence-electron chi connectivity index (χ3n) is 6.45. The first-order valence-corrected chi connectivity index (χ1v) is 10.7. The van der Waals surface area contributed by atoms with E-state index in [4.69, 9.17) is 4.74 Å². The third kappa shape index (κ3) is 4.29. The number of carbonyl (C=O) groups is 1. The molecule has 4 nitrogen and oxygen atoms in total. The standard InChI is InChI=1S/C22H29N2O2S.BrH/c1-16-9-12-21(27-16)15-23(17-7-5-4-6-8-17)22(25)26-20-13-18-10-11-19(14-20)24(18,2)3;/h4-9,12,18-20H,10-11,13-15H2,1-3H3;1H/q+1;/p-1/t18-,19+,20+;. The van der Waals surface area contributed by atoms with Gasteiger partial charge >= 0.3 is 6.09 Å². The van der Waals surface area contributed by atoms with Gasteiger partial charge in [0.25, 0.3) is 0 Å². The van der Waals surface area contributed by atoms with Crippen LogP contribution < -0.4 is 21.9 Å². The van der Waals surface area contributed by atoms with E-state index in [9.17, 15) is 4.79 Å². The highest BCUT2D eigenvalue weighted by Crippen LogP contribution is 2.40. The lowest BCUT2D eigenvalue weighted by Gasteiger charge is -2.44. The molecule has 0 N–H and O–H groups in total. The highest BCUT2D eigenvalue weighted by Gasteiger charge is 2.50. The number of quaternary nitrogens is 1. The number of amides is 1. The van der Waals surface area contributed by atoms with E-state index in [1.54, 1.807) is 16.2 Å². The van der Waals surface area contributed by atoms with E-state index in [1.807, 2.05) is 30.3 Å². The van der Waals surface area contributed by atoms with Gasteiger partial charge < -0.3 is 26.2 Å². The highest BCUT2D eigenvalue weighted by atomic mass is 79.9. The molecule has 0 aliphatic carbocycles. The summed E-state index contributed by atoms with van der Waals surface area (Å²) in [4.78, 5) is 17.3. The van der Waals surface area contributed by atoms with Crippen LogP contribution in [0.5, 0.6) is 0 Å². The van der Waals surface area contributed by atoms with Gasteiger partial charge in [0.15, 0.2) is 0 Å². The normalized spacial score (nSPS) is 25.0. The number of aryl methyl sites for hydroxylation is 1. The molecule has 28 heavy (non-hydrogen) atoms. The van der Waals surface area contributed by atoms with E-state index in [0.29, 0.717) is 18.6 Å². The number of ether oxygens (including phenoxy) is 1. The molecule has 1 aromatic heterocycles. The summed E-state index contributed by atoms with van der Waals surface area (Å²) in [6, 6.07) is 15.3. The molecule has 0 unspecified atom stereocenters. The molecular formula is C22H29BrN2O2S. The van der Waals surface area contributed by atoms with Gasteiger partial charge in [0, 0.05) is 41.1 Å². The fourth-order valence-corrected chi connectivity index (χ4v) is 5.61. The maximum atomic E-state index is 13.1. The first-order valence-electron chi connectivity index (χ1n) is 9.85. The van der Waals surface area contributed by atoms with Crippen molar-refractivity contribution in [2.24, 2.45) is 0 Å². The largest absolute Gasteiger partial charge is 1.00 e. The molecule has 1 amide bonds. The molecule has 2 saturated heterocycles. The Labute approximate surface area is 182 Å². The summed E-state index contributed by atoms with van der Waals surface area (Å²) in [7, 11) is 4.66. The molecule has 0 saturated carbocycles. The Morgan fingerprint density at radius 2 is 1.75 bits per heavy atom. The molecule has 2 aliphatic heterocycles. The Hall–Kier alpha value is -1.37. The number of carbonyl (C=O) groups excluding carboxylic acids is 1. The number of para-hydroxylation sites is 1. The Balaban J connectivity index is 0.00000225. The molecule has 6 heteroatoms. The smallest absolute Gasteiger partial charge is 0.414 e. The monoisotopic (exact) mass is 464 g/mol. The van der Waals surface area contributed by atoms with Crippen LogP contribution in [0.2, 0.25) is 0 Å². The lowest BCUT2D eigenvalue weighted by Crippen LogP contribution is -3.00. The van der Waals surface area contributed by atoms with Crippen LogP contribution >= 0.6 is 11.3 Å². The molecule has 2 aliphatic rings. The summed E-state index contributed by atoms with van der Waals surface area (Å²) < 4.78 is 7.13. The number of piperidine rings is 1. The maximum absolute atomic E-state index is 13.1. The molecule has 1 aromatic carbocycles. The van der Waals surface area contributed by atoms with Crippen LogP contribution in [0, 0.1) is 6.92 Å². The zero-order chi connectivity index (χ0) is 19.0. The van der Waals surface area contributed by atoms with Crippen molar-refractivity contribution in [1.29, 1.82) is 0 Å². The van der Waals surface area contributed by atoms with Gasteiger partial charge in [-0.2, -0.15) is 0 Å². The molecule has 2 bridgehead atoms. The Morgan fingerprint density at radius 1 is 1.11 bits per heavy atom. The number of rotatable bonds is 4. The van der Waals surface area contributed by atoms with Crippen molar-refractivity contribution in [2.75, 3.05) is 19.0 Å². The first kappa shape index (κ1) is 21.3. The van der Waals surface area contributed by atoms with E-state index in [-0.39, 0.29) is 29.2 Å². The number of fused-ring (bicyclic) bond motifs is 2. The molecule has 3 atom stereocenters. The first-order chi connectivity index (χ1) is 12.9. The molecule has 0 spiro atoms. The van der Waals surface area contributed by atoms with Crippen LogP contribution in [0.3, 0.4) is 0 Å². The summed E-state index contributed by atoms with van der Waals surface area (Å²) in [6.07, 6.45) is 4.29. The van der Waals surface area contributed by atoms with E-state index in [0.717, 1.165) is 23.0 Å². The van der Waals surface area contributed by atoms with Crippen molar-refractivity contribution in [2.45, 2.75) is 57.3 Å². The van der Waals surface area contributed by atoms with Gasteiger partial charge in [-0.3, -0.25) is 4.90 Å². The van der Waals surface area contributed by atoms with Crippen molar-refractivity contribution in [3.05, 3.63) is 52.2 Å². The molecule has 4 rings (SSSR count). The highest BCUT2D eigenvalue weighted by molar-refractivity contribution is 7.11. The molecule has 0 radical (unpaired) electrons. The van der Waals surface area contributed by atoms with Crippen LogP contribution in [0.25, 0.3) is 0 Å². The van der Waals surface area contributed by atoms with E-state index in [1.165, 1.54) is 22.6 Å². The minimum atomic E-state index is -0.219. The van der Waals surface area contributed by atoms with Crippen LogP contribution in [0.4, 0.5) is 10.5 Å². The summed E-state index contributed by atoms with van der Waals surface area (Å²) in [6.45, 7) is 2.65. The minimum absolute atomic E-state index is 0. The molecule has 2 aromatic rings. The average Bonchev–Trinajstić information content (AvgIpc) is 3.07. The number of hydrogen-bond acceptors (Lipinski definition) is 3. The second-order valence-corrected chi connectivity index (χ2v) is 9.80. The number of thiophene rings is 1. The molecule has 3 heterocycles. The lowest BCUT2D eigenvalue weighted by molar-refractivity contribution is -0.931. The van der Waals surface area contributed by atoms with Crippen LogP contribution in [-0.4, -0.2) is 42.9 Å². The van der Waals surface area contributed by atoms with E-state index < -0.39 is 0 Å². The van der Waals surface area contributed by atoms with Crippen molar-refractivity contribution in [1.82, 2.24) is 0 Å². The van der Waals surface area contributed by atoms with Crippen molar-refractivity contribution >= 4 is 23.1 Å². The Morgan fingerprint density at radius 3 is 2.32 bits per heavy atom. The molecule has 2 fully saturated rings. The third-order valence-corrected chi connectivity index (χ3v) is 7.44. The lowest BCUT2D eigenvalue weighted by atomic mass is 9.98. The summed E-state index contributed by atoms with van der Waals surface area (Å²) in [5.41, 5.74) is 0.892. The van der Waals surface area contributed by atoms with E-state index >= 15 is 0 Å². The topological polar surface area (TPSA) is 29.5 Å². The van der Waals surface area contributed by atoms with Gasteiger partial charge in [0.1, 0.15) is 6.10 Å². The van der Waals surface area contributed by atoms with Gasteiger partial charge in [-0.05, 0) is 31.2 Å². The zero-order valence-electron chi connectivity index (χ0n) is 16.8. The average molecular weight is 465 g/mol. The Bertz CT molecular complexity index is 792. The van der Waals surface area contributed by atoms with Crippen molar-refractivity contribution < 1.29 is 31.0 Å². The fraction of sp³-hybridized carbons (Fsp3) is 0.500. The van der Waals surface area contributed by atoms with Gasteiger partial charge in [0.05, 0.1) is 32.7 Å². The van der Waals surface area contributed by atoms with Crippen LogP contribution in [0.15, 0.2) is 42.5 Å². The maximum Gasteiger partial charge on any atom is 0.414 e. The zero-order valence-corrected chi connectivity index (χ0v) is 19.2. The Kier molecular flexibility index (Phi) is 6.52. The van der Waals surface area contributed by atoms with Crippen LogP contribution in [0.1, 0.15) is 35.4 Å². The minimum Gasteiger partial charge on any atom is -1.00 e. The van der Waals surface area contributed by atoms with E-state index in [2.05, 4.69) is 33.2 Å². The number of nitrogens with zero attached hydrogens (tertiary/aromatic N) is 2. The number of halogens is 1. The van der Waals surface area contributed by atoms with Gasteiger partial charge in [-0.15, -0.1) is 11.3 Å².